The number of nitrogens with one attached hydrogen (secondary N) is 1. The second-order valence-electron chi connectivity index (χ2n) is 3.21. The Kier molecular flexibility index (Phi) is 5.26. The van der Waals surface area contributed by atoms with Crippen molar-refractivity contribution in [2.24, 2.45) is 0 Å². The fraction of sp³-hybridized carbons (Fsp3) is 0.273. The highest BCUT2D eigenvalue weighted by Crippen LogP contribution is 2.31. The summed E-state index contributed by atoms with van der Waals surface area (Å²) in [6.07, 6.45) is 0. The van der Waals surface area contributed by atoms with Crippen LogP contribution in [0.3, 0.4) is 0 Å². The lowest BCUT2D eigenvalue weighted by molar-refractivity contribution is 0.416. The molecular formula is C11H12Cl3NO. The van der Waals surface area contributed by atoms with Gasteiger partial charge in [-0.2, -0.15) is 0 Å². The number of benzene rings is 1. The van der Waals surface area contributed by atoms with Crippen LogP contribution in [0.2, 0.25) is 5.02 Å². The molecule has 1 aromatic rings. The van der Waals surface area contributed by atoms with Crippen molar-refractivity contribution in [1.82, 2.24) is 0 Å². The molecule has 0 aliphatic carbocycles. The molecule has 88 valence electrons. The maximum absolute atomic E-state index is 5.99. The molecule has 0 fully saturated rings. The van der Waals surface area contributed by atoms with Crippen LogP contribution in [0.1, 0.15) is 5.56 Å². The average molecular weight is 281 g/mol. The van der Waals surface area contributed by atoms with E-state index in [0.717, 1.165) is 11.3 Å². The molecular weight excluding hydrogens is 268 g/mol. The Labute approximate surface area is 110 Å². The van der Waals surface area contributed by atoms with Crippen LogP contribution < -0.4 is 10.1 Å². The van der Waals surface area contributed by atoms with Gasteiger partial charge in [-0.05, 0) is 18.6 Å². The summed E-state index contributed by atoms with van der Waals surface area (Å²) in [5, 5.41) is 4.31. The predicted molar refractivity (Wildman–Crippen MR) is 71.0 cm³/mol. The van der Waals surface area contributed by atoms with E-state index in [9.17, 15) is 0 Å². The predicted octanol–water partition coefficient (Wildman–Crippen LogP) is 4.39. The summed E-state index contributed by atoms with van der Waals surface area (Å²) in [7, 11) is 1.59. The minimum Gasteiger partial charge on any atom is -0.495 e. The molecule has 1 aromatic carbocycles. The largest absolute Gasteiger partial charge is 0.495 e. The first-order valence-electron chi connectivity index (χ1n) is 4.61. The van der Waals surface area contributed by atoms with Crippen molar-refractivity contribution in [3.63, 3.8) is 0 Å². The van der Waals surface area contributed by atoms with Crippen molar-refractivity contribution >= 4 is 40.5 Å². The van der Waals surface area contributed by atoms with E-state index in [-0.39, 0.29) is 0 Å². The molecule has 5 heteroatoms. The standard InChI is InChI=1S/C11H12Cl3NO/c1-7-3-10(15-6-8(13)5-12)11(16-2)4-9(7)14/h3-5,15H,6H2,1-2H3. The molecule has 0 saturated carbocycles. The summed E-state index contributed by atoms with van der Waals surface area (Å²) in [5.74, 6) is 0.676. The highest BCUT2D eigenvalue weighted by molar-refractivity contribution is 6.36. The monoisotopic (exact) mass is 279 g/mol. The normalized spacial score (nSPS) is 11.4. The second-order valence-corrected chi connectivity index (χ2v) is 4.32. The van der Waals surface area contributed by atoms with E-state index < -0.39 is 0 Å². The SMILES string of the molecule is COc1cc(Cl)c(C)cc1NCC(Cl)=CCl. The number of hydrogen-bond acceptors (Lipinski definition) is 2. The van der Waals surface area contributed by atoms with Gasteiger partial charge in [0.25, 0.3) is 0 Å². The van der Waals surface area contributed by atoms with Crippen LogP contribution in [0, 0.1) is 6.92 Å². The molecule has 0 bridgehead atoms. The summed E-state index contributed by atoms with van der Waals surface area (Å²) >= 11 is 17.2. The molecule has 0 unspecified atom stereocenters. The first-order chi connectivity index (χ1) is 7.58. The zero-order valence-electron chi connectivity index (χ0n) is 8.98. The van der Waals surface area contributed by atoms with Crippen molar-refractivity contribution in [1.29, 1.82) is 0 Å². The van der Waals surface area contributed by atoms with Crippen LogP contribution in [0.5, 0.6) is 5.75 Å². The zero-order chi connectivity index (χ0) is 12.1. The third-order valence-corrected chi connectivity index (χ3v) is 3.07. The lowest BCUT2D eigenvalue weighted by atomic mass is 10.2. The Bertz CT molecular complexity index is 404. The Hall–Kier alpha value is -0.570. The first kappa shape index (κ1) is 13.5. The summed E-state index contributed by atoms with van der Waals surface area (Å²) in [6, 6.07) is 3.66. The fourth-order valence-electron chi connectivity index (χ4n) is 1.19. The van der Waals surface area contributed by atoms with Gasteiger partial charge in [0.2, 0.25) is 0 Å². The van der Waals surface area contributed by atoms with Gasteiger partial charge in [-0.25, -0.2) is 0 Å². The maximum atomic E-state index is 5.99. The lowest BCUT2D eigenvalue weighted by Gasteiger charge is -2.12. The fourth-order valence-corrected chi connectivity index (χ4v) is 1.49. The molecule has 2 nitrogen and oxygen atoms in total. The van der Waals surface area contributed by atoms with Crippen molar-refractivity contribution in [3.05, 3.63) is 33.3 Å². The van der Waals surface area contributed by atoms with E-state index in [2.05, 4.69) is 5.32 Å². The van der Waals surface area contributed by atoms with Crippen molar-refractivity contribution in [3.8, 4) is 5.75 Å². The van der Waals surface area contributed by atoms with Gasteiger partial charge in [0.05, 0.1) is 19.3 Å². The molecule has 0 amide bonds. The van der Waals surface area contributed by atoms with Crippen LogP contribution in [0.4, 0.5) is 5.69 Å². The highest BCUT2D eigenvalue weighted by atomic mass is 35.5. The molecule has 0 heterocycles. The smallest absolute Gasteiger partial charge is 0.143 e. The minimum atomic E-state index is 0.447. The third kappa shape index (κ3) is 3.48. The van der Waals surface area contributed by atoms with Crippen LogP contribution in [0.25, 0.3) is 0 Å². The van der Waals surface area contributed by atoms with Gasteiger partial charge in [0.1, 0.15) is 5.75 Å². The van der Waals surface area contributed by atoms with E-state index in [1.807, 2.05) is 13.0 Å². The molecule has 1 N–H and O–H groups in total. The maximum Gasteiger partial charge on any atom is 0.143 e. The van der Waals surface area contributed by atoms with Crippen LogP contribution in [0.15, 0.2) is 22.7 Å². The zero-order valence-corrected chi connectivity index (χ0v) is 11.2. The van der Waals surface area contributed by atoms with Gasteiger partial charge >= 0.3 is 0 Å². The molecule has 0 radical (unpaired) electrons. The quantitative estimate of drug-likeness (QED) is 0.883. The number of anilines is 1. The van der Waals surface area contributed by atoms with Crippen LogP contribution in [-0.2, 0) is 0 Å². The number of aryl methyl sites for hydroxylation is 1. The van der Waals surface area contributed by atoms with E-state index in [0.29, 0.717) is 22.3 Å². The molecule has 1 rings (SSSR count). The lowest BCUT2D eigenvalue weighted by Crippen LogP contribution is -2.03. The van der Waals surface area contributed by atoms with Crippen molar-refractivity contribution in [2.45, 2.75) is 6.92 Å². The number of ether oxygens (including phenoxy) is 1. The van der Waals surface area contributed by atoms with E-state index >= 15 is 0 Å². The summed E-state index contributed by atoms with van der Waals surface area (Å²) in [6.45, 7) is 2.37. The molecule has 0 aliphatic heterocycles. The van der Waals surface area contributed by atoms with Gasteiger partial charge < -0.3 is 10.1 Å². The third-order valence-electron chi connectivity index (χ3n) is 2.05. The van der Waals surface area contributed by atoms with Gasteiger partial charge in [0.15, 0.2) is 0 Å². The van der Waals surface area contributed by atoms with Gasteiger partial charge in [0, 0.05) is 21.7 Å². The summed E-state index contributed by atoms with van der Waals surface area (Å²) in [4.78, 5) is 0. The average Bonchev–Trinajstić information content (AvgIpc) is 2.29. The summed E-state index contributed by atoms with van der Waals surface area (Å²) < 4.78 is 5.20. The van der Waals surface area contributed by atoms with Crippen molar-refractivity contribution in [2.75, 3.05) is 19.0 Å². The molecule has 0 saturated heterocycles. The summed E-state index contributed by atoms with van der Waals surface area (Å²) in [5.41, 5.74) is 3.13. The Morgan fingerprint density at radius 3 is 2.75 bits per heavy atom. The number of hydrogen-bond donors (Lipinski definition) is 1. The van der Waals surface area contributed by atoms with Crippen molar-refractivity contribution < 1.29 is 4.74 Å². The molecule has 0 spiro atoms. The van der Waals surface area contributed by atoms with Gasteiger partial charge in [-0.1, -0.05) is 34.8 Å². The Morgan fingerprint density at radius 2 is 2.19 bits per heavy atom. The number of halogens is 3. The number of rotatable bonds is 4. The molecule has 0 atom stereocenters. The van der Waals surface area contributed by atoms with E-state index in [4.69, 9.17) is 39.5 Å². The Morgan fingerprint density at radius 1 is 1.50 bits per heavy atom. The molecule has 16 heavy (non-hydrogen) atoms. The first-order valence-corrected chi connectivity index (χ1v) is 5.80. The topological polar surface area (TPSA) is 21.3 Å². The minimum absolute atomic E-state index is 0.447. The molecule has 0 aromatic heterocycles. The van der Waals surface area contributed by atoms with E-state index in [1.165, 1.54) is 5.54 Å². The number of methoxy groups -OCH3 is 1. The van der Waals surface area contributed by atoms with Gasteiger partial charge in [-0.15, -0.1) is 0 Å². The van der Waals surface area contributed by atoms with E-state index in [1.54, 1.807) is 13.2 Å². The molecule has 0 aliphatic rings. The van der Waals surface area contributed by atoms with Crippen LogP contribution >= 0.6 is 34.8 Å². The Balaban J connectivity index is 2.90. The highest BCUT2D eigenvalue weighted by Gasteiger charge is 2.06. The van der Waals surface area contributed by atoms with Crippen LogP contribution in [-0.4, -0.2) is 13.7 Å². The second kappa shape index (κ2) is 6.24. The van der Waals surface area contributed by atoms with Gasteiger partial charge in [-0.3, -0.25) is 0 Å².